The van der Waals surface area contributed by atoms with Gasteiger partial charge < -0.3 is 20.1 Å². The first kappa shape index (κ1) is 16.3. The van der Waals surface area contributed by atoms with E-state index in [9.17, 15) is 9.59 Å². The molecular weight excluding hydrogens is 322 g/mol. The number of carbonyl (C=O) groups is 2. The molecule has 0 saturated heterocycles. The Kier molecular flexibility index (Phi) is 4.81. The van der Waals surface area contributed by atoms with Crippen LogP contribution in [0.15, 0.2) is 42.5 Å². The van der Waals surface area contributed by atoms with E-state index in [2.05, 4.69) is 10.6 Å². The van der Waals surface area contributed by atoms with E-state index in [1.807, 2.05) is 6.07 Å². The molecule has 0 spiro atoms. The van der Waals surface area contributed by atoms with Crippen LogP contribution in [0.25, 0.3) is 0 Å². The van der Waals surface area contributed by atoms with Crippen LogP contribution in [0, 0.1) is 11.3 Å². The van der Waals surface area contributed by atoms with Crippen molar-refractivity contribution < 1.29 is 19.1 Å². The zero-order chi connectivity index (χ0) is 17.6. The van der Waals surface area contributed by atoms with Crippen LogP contribution in [-0.2, 0) is 9.59 Å². The summed E-state index contributed by atoms with van der Waals surface area (Å²) in [5.74, 6) is 0.302. The highest BCUT2D eigenvalue weighted by molar-refractivity contribution is 6.08. The molecule has 1 heterocycles. The molecular formula is C18H15N3O4. The molecule has 3 rings (SSSR count). The second-order valence-corrected chi connectivity index (χ2v) is 5.32. The van der Waals surface area contributed by atoms with Gasteiger partial charge in [0.25, 0.3) is 0 Å². The van der Waals surface area contributed by atoms with Gasteiger partial charge in [0, 0.05) is 17.4 Å². The summed E-state index contributed by atoms with van der Waals surface area (Å²) in [5, 5.41) is 14.0. The minimum atomic E-state index is -0.445. The van der Waals surface area contributed by atoms with E-state index in [1.54, 1.807) is 42.5 Å². The molecule has 0 bridgehead atoms. The summed E-state index contributed by atoms with van der Waals surface area (Å²) >= 11 is 0. The van der Waals surface area contributed by atoms with Crippen LogP contribution in [0.5, 0.6) is 11.5 Å². The maximum atomic E-state index is 12.0. The van der Waals surface area contributed by atoms with Crippen LogP contribution in [0.4, 0.5) is 11.4 Å². The van der Waals surface area contributed by atoms with Crippen LogP contribution >= 0.6 is 0 Å². The predicted molar refractivity (Wildman–Crippen MR) is 90.5 cm³/mol. The van der Waals surface area contributed by atoms with Gasteiger partial charge in [-0.15, -0.1) is 0 Å². The maximum absolute atomic E-state index is 12.0. The third-order valence-electron chi connectivity index (χ3n) is 3.44. The van der Waals surface area contributed by atoms with Gasteiger partial charge in [0.05, 0.1) is 11.6 Å². The Morgan fingerprint density at radius 3 is 2.20 bits per heavy atom. The monoisotopic (exact) mass is 337 g/mol. The van der Waals surface area contributed by atoms with E-state index >= 15 is 0 Å². The number of benzene rings is 2. The van der Waals surface area contributed by atoms with E-state index in [1.165, 1.54) is 0 Å². The predicted octanol–water partition coefficient (Wildman–Crippen LogP) is 2.30. The maximum Gasteiger partial charge on any atom is 0.233 e. The number of ether oxygens (including phenoxy) is 2. The van der Waals surface area contributed by atoms with Crippen molar-refractivity contribution in [1.82, 2.24) is 0 Å². The molecule has 1 aliphatic heterocycles. The van der Waals surface area contributed by atoms with Crippen molar-refractivity contribution in [3.05, 3.63) is 48.0 Å². The molecule has 1 aliphatic rings. The molecule has 0 saturated carbocycles. The Hall–Kier alpha value is -3.53. The van der Waals surface area contributed by atoms with Crippen LogP contribution in [-0.4, -0.2) is 25.0 Å². The Morgan fingerprint density at radius 1 is 0.920 bits per heavy atom. The van der Waals surface area contributed by atoms with Gasteiger partial charge in [-0.05, 0) is 36.4 Å². The second-order valence-electron chi connectivity index (χ2n) is 5.32. The van der Waals surface area contributed by atoms with Crippen molar-refractivity contribution >= 4 is 23.2 Å². The van der Waals surface area contributed by atoms with Crippen LogP contribution in [0.1, 0.15) is 12.0 Å². The number of amides is 2. The summed E-state index contributed by atoms with van der Waals surface area (Å²) in [4.78, 5) is 23.9. The number of anilines is 2. The van der Waals surface area contributed by atoms with Gasteiger partial charge in [-0.1, -0.05) is 0 Å². The van der Waals surface area contributed by atoms with Crippen molar-refractivity contribution in [3.63, 3.8) is 0 Å². The van der Waals surface area contributed by atoms with Gasteiger partial charge in [0.1, 0.15) is 19.6 Å². The lowest BCUT2D eigenvalue weighted by Crippen LogP contribution is -2.21. The Morgan fingerprint density at radius 2 is 1.52 bits per heavy atom. The van der Waals surface area contributed by atoms with Crippen molar-refractivity contribution in [3.8, 4) is 17.6 Å². The number of hydrogen-bond acceptors (Lipinski definition) is 5. The zero-order valence-electron chi connectivity index (χ0n) is 13.2. The standard InChI is InChI=1S/C18H15N3O4/c19-11-12-1-3-13(4-2-12)20-17(22)10-18(23)21-14-5-6-15-16(9-14)25-8-7-24-15/h1-6,9H,7-8,10H2,(H,20,22)(H,21,23). The normalized spacial score (nSPS) is 12.0. The molecule has 2 amide bonds. The van der Waals surface area contributed by atoms with Crippen molar-refractivity contribution in [1.29, 1.82) is 5.26 Å². The summed E-state index contributed by atoms with van der Waals surface area (Å²) < 4.78 is 10.9. The molecule has 0 atom stereocenters. The van der Waals surface area contributed by atoms with Crippen LogP contribution in [0.3, 0.4) is 0 Å². The number of nitriles is 1. The number of nitrogens with zero attached hydrogens (tertiary/aromatic N) is 1. The van der Waals surface area contributed by atoms with Crippen molar-refractivity contribution in [2.24, 2.45) is 0 Å². The second kappa shape index (κ2) is 7.36. The fraction of sp³-hybridized carbons (Fsp3) is 0.167. The van der Waals surface area contributed by atoms with E-state index < -0.39 is 11.8 Å². The van der Waals surface area contributed by atoms with Crippen LogP contribution in [0.2, 0.25) is 0 Å². The fourth-order valence-electron chi connectivity index (χ4n) is 2.31. The molecule has 0 aliphatic carbocycles. The molecule has 7 heteroatoms. The van der Waals surface area contributed by atoms with Crippen LogP contribution < -0.4 is 20.1 Å². The summed E-state index contributed by atoms with van der Waals surface area (Å²) in [7, 11) is 0. The Bertz CT molecular complexity index is 840. The van der Waals surface area contributed by atoms with Gasteiger partial charge in [-0.25, -0.2) is 0 Å². The molecule has 25 heavy (non-hydrogen) atoms. The largest absolute Gasteiger partial charge is 0.486 e. The third kappa shape index (κ3) is 4.26. The van der Waals surface area contributed by atoms with Gasteiger partial charge in [-0.2, -0.15) is 5.26 Å². The van der Waals surface area contributed by atoms with Gasteiger partial charge in [-0.3, -0.25) is 9.59 Å². The lowest BCUT2D eigenvalue weighted by atomic mass is 10.2. The highest BCUT2D eigenvalue weighted by Gasteiger charge is 2.14. The molecule has 0 aromatic heterocycles. The fourth-order valence-corrected chi connectivity index (χ4v) is 2.31. The highest BCUT2D eigenvalue weighted by atomic mass is 16.6. The lowest BCUT2D eigenvalue weighted by molar-refractivity contribution is -0.123. The average molecular weight is 337 g/mol. The molecule has 126 valence electrons. The van der Waals surface area contributed by atoms with Crippen molar-refractivity contribution in [2.45, 2.75) is 6.42 Å². The quantitative estimate of drug-likeness (QED) is 0.834. The highest BCUT2D eigenvalue weighted by Crippen LogP contribution is 2.32. The number of nitrogens with one attached hydrogen (secondary N) is 2. The minimum Gasteiger partial charge on any atom is -0.486 e. The molecule has 0 radical (unpaired) electrons. The lowest BCUT2D eigenvalue weighted by Gasteiger charge is -2.19. The first-order chi connectivity index (χ1) is 12.1. The average Bonchev–Trinajstić information content (AvgIpc) is 2.62. The van der Waals surface area contributed by atoms with E-state index in [0.717, 1.165) is 0 Å². The Labute approximate surface area is 144 Å². The van der Waals surface area contributed by atoms with E-state index in [4.69, 9.17) is 14.7 Å². The molecule has 7 nitrogen and oxygen atoms in total. The molecule has 2 aromatic carbocycles. The first-order valence-corrected chi connectivity index (χ1v) is 7.63. The SMILES string of the molecule is N#Cc1ccc(NC(=O)CC(=O)Nc2ccc3c(c2)OCCO3)cc1. The number of fused-ring (bicyclic) bond motifs is 1. The third-order valence-corrected chi connectivity index (χ3v) is 3.44. The van der Waals surface area contributed by atoms with E-state index in [0.29, 0.717) is 41.7 Å². The number of rotatable bonds is 4. The summed E-state index contributed by atoms with van der Waals surface area (Å²) in [6.45, 7) is 0.950. The van der Waals surface area contributed by atoms with Gasteiger partial charge >= 0.3 is 0 Å². The summed E-state index contributed by atoms with van der Waals surface area (Å²) in [6, 6.07) is 13.4. The number of hydrogen-bond donors (Lipinski definition) is 2. The Balaban J connectivity index is 1.54. The smallest absolute Gasteiger partial charge is 0.233 e. The molecule has 0 unspecified atom stereocenters. The minimum absolute atomic E-state index is 0.325. The van der Waals surface area contributed by atoms with Gasteiger partial charge in [0.15, 0.2) is 11.5 Å². The first-order valence-electron chi connectivity index (χ1n) is 7.63. The zero-order valence-corrected chi connectivity index (χ0v) is 13.2. The van der Waals surface area contributed by atoms with E-state index in [-0.39, 0.29) is 6.42 Å². The topological polar surface area (TPSA) is 100 Å². The molecule has 0 fully saturated rings. The molecule has 2 N–H and O–H groups in total. The summed E-state index contributed by atoms with van der Waals surface area (Å²) in [5.41, 5.74) is 1.55. The number of carbonyl (C=O) groups excluding carboxylic acids is 2. The van der Waals surface area contributed by atoms with Crippen molar-refractivity contribution in [2.75, 3.05) is 23.8 Å². The summed E-state index contributed by atoms with van der Waals surface area (Å²) in [6.07, 6.45) is -0.325. The molecule has 2 aromatic rings. The van der Waals surface area contributed by atoms with Gasteiger partial charge in [0.2, 0.25) is 11.8 Å².